The van der Waals surface area contributed by atoms with E-state index < -0.39 is 0 Å². The normalized spacial score (nSPS) is 16.8. The summed E-state index contributed by atoms with van der Waals surface area (Å²) in [6, 6.07) is 4.15. The van der Waals surface area contributed by atoms with Gasteiger partial charge in [-0.25, -0.2) is 0 Å². The second-order valence-corrected chi connectivity index (χ2v) is 4.03. The Labute approximate surface area is 89.9 Å². The first-order valence-electron chi connectivity index (χ1n) is 5.53. The van der Waals surface area contributed by atoms with Gasteiger partial charge in [0.15, 0.2) is 5.78 Å². The number of carbonyl (C=O) groups excluding carboxylic acids is 1. The molecule has 1 aromatic heterocycles. The molecule has 0 aliphatic heterocycles. The molecule has 0 aromatic carbocycles. The summed E-state index contributed by atoms with van der Waals surface area (Å²) in [4.78, 5) is 15.6. The standard InChI is InChI=1S/C12H16N2O/c15-12(10-4-3-7-13-8-10)9-14-11-5-1-2-6-11/h3-4,7-8,11,14H,1-2,5-6,9H2. The van der Waals surface area contributed by atoms with E-state index in [0.29, 0.717) is 18.2 Å². The fraction of sp³-hybridized carbons (Fsp3) is 0.500. The molecule has 3 heteroatoms. The van der Waals surface area contributed by atoms with Crippen LogP contribution in [0.4, 0.5) is 0 Å². The number of ketones is 1. The maximum absolute atomic E-state index is 11.7. The van der Waals surface area contributed by atoms with E-state index in [1.165, 1.54) is 25.7 Å². The van der Waals surface area contributed by atoms with Crippen molar-refractivity contribution in [3.63, 3.8) is 0 Å². The Balaban J connectivity index is 1.82. The topological polar surface area (TPSA) is 42.0 Å². The molecule has 0 unspecified atom stereocenters. The molecule has 1 aliphatic carbocycles. The van der Waals surface area contributed by atoms with Crippen molar-refractivity contribution in [1.29, 1.82) is 0 Å². The van der Waals surface area contributed by atoms with Crippen LogP contribution in [0.15, 0.2) is 24.5 Å². The van der Waals surface area contributed by atoms with Gasteiger partial charge in [-0.3, -0.25) is 9.78 Å². The van der Waals surface area contributed by atoms with Crippen LogP contribution in [0.3, 0.4) is 0 Å². The van der Waals surface area contributed by atoms with Crippen molar-refractivity contribution in [1.82, 2.24) is 10.3 Å². The molecule has 0 radical (unpaired) electrons. The van der Waals surface area contributed by atoms with E-state index in [-0.39, 0.29) is 5.78 Å². The number of pyridine rings is 1. The van der Waals surface area contributed by atoms with Crippen molar-refractivity contribution in [2.24, 2.45) is 0 Å². The molecule has 1 N–H and O–H groups in total. The fourth-order valence-corrected chi connectivity index (χ4v) is 2.00. The molecule has 0 amide bonds. The van der Waals surface area contributed by atoms with E-state index in [1.807, 2.05) is 6.07 Å². The van der Waals surface area contributed by atoms with Gasteiger partial charge in [-0.2, -0.15) is 0 Å². The van der Waals surface area contributed by atoms with Crippen LogP contribution in [-0.2, 0) is 0 Å². The Morgan fingerprint density at radius 1 is 1.47 bits per heavy atom. The Hall–Kier alpha value is -1.22. The molecule has 1 fully saturated rings. The van der Waals surface area contributed by atoms with Gasteiger partial charge in [-0.05, 0) is 25.0 Å². The average Bonchev–Trinajstić information content (AvgIpc) is 2.80. The third-order valence-corrected chi connectivity index (χ3v) is 2.89. The van der Waals surface area contributed by atoms with Crippen LogP contribution in [-0.4, -0.2) is 23.4 Å². The first kappa shape index (κ1) is 10.3. The number of hydrogen-bond donors (Lipinski definition) is 1. The van der Waals surface area contributed by atoms with Gasteiger partial charge in [0.05, 0.1) is 6.54 Å². The van der Waals surface area contributed by atoms with E-state index in [0.717, 1.165) is 0 Å². The van der Waals surface area contributed by atoms with Gasteiger partial charge in [0.25, 0.3) is 0 Å². The number of rotatable bonds is 4. The van der Waals surface area contributed by atoms with Gasteiger partial charge in [0.1, 0.15) is 0 Å². The quantitative estimate of drug-likeness (QED) is 0.760. The van der Waals surface area contributed by atoms with Crippen molar-refractivity contribution in [3.8, 4) is 0 Å². The monoisotopic (exact) mass is 204 g/mol. The van der Waals surface area contributed by atoms with Gasteiger partial charge in [0.2, 0.25) is 0 Å². The summed E-state index contributed by atoms with van der Waals surface area (Å²) in [5.41, 5.74) is 0.697. The zero-order valence-corrected chi connectivity index (χ0v) is 8.78. The number of hydrogen-bond acceptors (Lipinski definition) is 3. The van der Waals surface area contributed by atoms with Crippen LogP contribution >= 0.6 is 0 Å². The van der Waals surface area contributed by atoms with Gasteiger partial charge < -0.3 is 5.32 Å². The van der Waals surface area contributed by atoms with Crippen LogP contribution in [0.5, 0.6) is 0 Å². The summed E-state index contributed by atoms with van der Waals surface area (Å²) in [6.45, 7) is 0.441. The molecule has 15 heavy (non-hydrogen) atoms. The Morgan fingerprint density at radius 3 is 2.93 bits per heavy atom. The largest absolute Gasteiger partial charge is 0.307 e. The molecular formula is C12H16N2O. The van der Waals surface area contributed by atoms with E-state index >= 15 is 0 Å². The molecule has 0 atom stereocenters. The zero-order valence-electron chi connectivity index (χ0n) is 8.78. The average molecular weight is 204 g/mol. The number of aromatic nitrogens is 1. The maximum atomic E-state index is 11.7. The number of carbonyl (C=O) groups is 1. The van der Waals surface area contributed by atoms with Crippen molar-refractivity contribution < 1.29 is 4.79 Å². The SMILES string of the molecule is O=C(CNC1CCCC1)c1cccnc1. The molecule has 1 saturated carbocycles. The molecule has 1 heterocycles. The molecule has 0 saturated heterocycles. The van der Waals surface area contributed by atoms with Crippen molar-refractivity contribution in [3.05, 3.63) is 30.1 Å². The van der Waals surface area contributed by atoms with Gasteiger partial charge in [0, 0.05) is 24.0 Å². The third kappa shape index (κ3) is 2.86. The van der Waals surface area contributed by atoms with E-state index in [4.69, 9.17) is 0 Å². The van der Waals surface area contributed by atoms with Crippen LogP contribution in [0, 0.1) is 0 Å². The van der Waals surface area contributed by atoms with Crippen LogP contribution in [0.1, 0.15) is 36.0 Å². The molecule has 3 nitrogen and oxygen atoms in total. The smallest absolute Gasteiger partial charge is 0.178 e. The maximum Gasteiger partial charge on any atom is 0.178 e. The first-order chi connectivity index (χ1) is 7.36. The lowest BCUT2D eigenvalue weighted by Crippen LogP contribution is -2.31. The highest BCUT2D eigenvalue weighted by Gasteiger charge is 2.15. The highest BCUT2D eigenvalue weighted by molar-refractivity contribution is 5.97. The summed E-state index contributed by atoms with van der Waals surface area (Å²) in [5.74, 6) is 0.134. The molecular weight excluding hydrogens is 188 g/mol. The summed E-state index contributed by atoms with van der Waals surface area (Å²) >= 11 is 0. The molecule has 1 aromatic rings. The molecule has 0 bridgehead atoms. The van der Waals surface area contributed by atoms with E-state index in [1.54, 1.807) is 18.5 Å². The minimum atomic E-state index is 0.134. The van der Waals surface area contributed by atoms with Crippen molar-refractivity contribution in [2.45, 2.75) is 31.7 Å². The third-order valence-electron chi connectivity index (χ3n) is 2.89. The fourth-order valence-electron chi connectivity index (χ4n) is 2.00. The molecule has 80 valence electrons. The lowest BCUT2D eigenvalue weighted by Gasteiger charge is -2.10. The van der Waals surface area contributed by atoms with E-state index in [9.17, 15) is 4.79 Å². The highest BCUT2D eigenvalue weighted by Crippen LogP contribution is 2.17. The Morgan fingerprint density at radius 2 is 2.27 bits per heavy atom. The molecule has 0 spiro atoms. The lowest BCUT2D eigenvalue weighted by atomic mass is 10.2. The first-order valence-corrected chi connectivity index (χ1v) is 5.53. The summed E-state index contributed by atoms with van der Waals surface area (Å²) in [6.07, 6.45) is 8.30. The minimum absolute atomic E-state index is 0.134. The van der Waals surface area contributed by atoms with Crippen LogP contribution < -0.4 is 5.32 Å². The van der Waals surface area contributed by atoms with E-state index in [2.05, 4.69) is 10.3 Å². The number of nitrogens with zero attached hydrogens (tertiary/aromatic N) is 1. The van der Waals surface area contributed by atoms with Gasteiger partial charge >= 0.3 is 0 Å². The lowest BCUT2D eigenvalue weighted by molar-refractivity contribution is 0.0987. The predicted molar refractivity (Wildman–Crippen MR) is 58.8 cm³/mol. The minimum Gasteiger partial charge on any atom is -0.307 e. The highest BCUT2D eigenvalue weighted by atomic mass is 16.1. The summed E-state index contributed by atoms with van der Waals surface area (Å²) in [5, 5.41) is 3.30. The second kappa shape index (κ2) is 5.03. The Bertz CT molecular complexity index is 318. The second-order valence-electron chi connectivity index (χ2n) is 4.03. The Kier molecular flexibility index (Phi) is 3.45. The van der Waals surface area contributed by atoms with Crippen molar-refractivity contribution in [2.75, 3.05) is 6.54 Å². The van der Waals surface area contributed by atoms with Crippen molar-refractivity contribution >= 4 is 5.78 Å². The van der Waals surface area contributed by atoms with Gasteiger partial charge in [-0.1, -0.05) is 12.8 Å². The van der Waals surface area contributed by atoms with Crippen LogP contribution in [0.25, 0.3) is 0 Å². The summed E-state index contributed by atoms with van der Waals surface area (Å²) in [7, 11) is 0. The molecule has 1 aliphatic rings. The number of nitrogens with one attached hydrogen (secondary N) is 1. The van der Waals surface area contributed by atoms with Gasteiger partial charge in [-0.15, -0.1) is 0 Å². The molecule has 2 rings (SSSR count). The number of Topliss-reactive ketones (excluding diaryl/α,β-unsaturated/α-hetero) is 1. The van der Waals surface area contributed by atoms with Crippen LogP contribution in [0.2, 0.25) is 0 Å². The predicted octanol–water partition coefficient (Wildman–Crippen LogP) is 1.80. The summed E-state index contributed by atoms with van der Waals surface area (Å²) < 4.78 is 0. The zero-order chi connectivity index (χ0) is 10.5.